The van der Waals surface area contributed by atoms with Crippen LogP contribution in [-0.2, 0) is 0 Å². The standard InChI is InChI=1S/C14H28N2/c1-14(2)9-6-10-16(14)13(11-15)12-7-4-3-5-8-12/h12-13H,3-11,15H2,1-2H3. The molecule has 1 saturated heterocycles. The van der Waals surface area contributed by atoms with E-state index >= 15 is 0 Å². The predicted octanol–water partition coefficient (Wildman–Crippen LogP) is 2.77. The van der Waals surface area contributed by atoms with Crippen LogP contribution in [-0.4, -0.2) is 29.6 Å². The Kier molecular flexibility index (Phi) is 3.91. The van der Waals surface area contributed by atoms with Crippen LogP contribution in [0, 0.1) is 5.92 Å². The van der Waals surface area contributed by atoms with Crippen molar-refractivity contribution in [3.63, 3.8) is 0 Å². The molecule has 1 saturated carbocycles. The van der Waals surface area contributed by atoms with Gasteiger partial charge in [0.1, 0.15) is 0 Å². The maximum absolute atomic E-state index is 6.06. The monoisotopic (exact) mass is 224 g/mol. The average molecular weight is 224 g/mol. The SMILES string of the molecule is CC1(C)CCCN1C(CN)C1CCCCC1. The highest BCUT2D eigenvalue weighted by Gasteiger charge is 2.39. The molecule has 2 heteroatoms. The van der Waals surface area contributed by atoms with Crippen molar-refractivity contribution in [3.8, 4) is 0 Å². The van der Waals surface area contributed by atoms with Gasteiger partial charge in [0.15, 0.2) is 0 Å². The Morgan fingerprint density at radius 1 is 1.19 bits per heavy atom. The summed E-state index contributed by atoms with van der Waals surface area (Å²) in [4.78, 5) is 2.71. The van der Waals surface area contributed by atoms with Crippen LogP contribution >= 0.6 is 0 Å². The van der Waals surface area contributed by atoms with Gasteiger partial charge >= 0.3 is 0 Å². The molecule has 2 rings (SSSR count). The molecule has 0 radical (unpaired) electrons. The maximum Gasteiger partial charge on any atom is 0.0251 e. The van der Waals surface area contributed by atoms with Crippen molar-refractivity contribution >= 4 is 0 Å². The molecule has 0 bridgehead atoms. The molecule has 0 aromatic carbocycles. The van der Waals surface area contributed by atoms with E-state index in [1.54, 1.807) is 0 Å². The molecule has 2 nitrogen and oxygen atoms in total. The summed E-state index contributed by atoms with van der Waals surface area (Å²) in [6.07, 6.45) is 9.82. The molecule has 1 aliphatic heterocycles. The lowest BCUT2D eigenvalue weighted by molar-refractivity contribution is 0.0668. The number of hydrogen-bond donors (Lipinski definition) is 1. The van der Waals surface area contributed by atoms with E-state index in [-0.39, 0.29) is 0 Å². The van der Waals surface area contributed by atoms with Gasteiger partial charge in [-0.05, 0) is 52.0 Å². The van der Waals surface area contributed by atoms with E-state index in [9.17, 15) is 0 Å². The van der Waals surface area contributed by atoms with Crippen LogP contribution in [0.4, 0.5) is 0 Å². The molecule has 94 valence electrons. The van der Waals surface area contributed by atoms with Crippen LogP contribution in [0.3, 0.4) is 0 Å². The fraction of sp³-hybridized carbons (Fsp3) is 1.00. The summed E-state index contributed by atoms with van der Waals surface area (Å²) in [7, 11) is 0. The Bertz CT molecular complexity index is 219. The fourth-order valence-electron chi connectivity index (χ4n) is 3.84. The zero-order chi connectivity index (χ0) is 11.6. The van der Waals surface area contributed by atoms with Crippen molar-refractivity contribution in [1.82, 2.24) is 4.90 Å². The number of rotatable bonds is 3. The molecule has 2 fully saturated rings. The summed E-state index contributed by atoms with van der Waals surface area (Å²) in [6, 6.07) is 0.651. The molecule has 0 amide bonds. The molecule has 2 N–H and O–H groups in total. The Labute approximate surface area is 101 Å². The number of hydrogen-bond acceptors (Lipinski definition) is 2. The normalized spacial score (nSPS) is 29.4. The largest absolute Gasteiger partial charge is 0.329 e. The first kappa shape index (κ1) is 12.4. The Morgan fingerprint density at radius 3 is 2.38 bits per heavy atom. The van der Waals surface area contributed by atoms with Gasteiger partial charge in [0, 0.05) is 18.1 Å². The van der Waals surface area contributed by atoms with Crippen molar-refractivity contribution in [1.29, 1.82) is 0 Å². The zero-order valence-corrected chi connectivity index (χ0v) is 11.0. The molecule has 1 aliphatic carbocycles. The lowest BCUT2D eigenvalue weighted by Gasteiger charge is -2.43. The van der Waals surface area contributed by atoms with Gasteiger partial charge < -0.3 is 5.73 Å². The summed E-state index contributed by atoms with van der Waals surface area (Å²) < 4.78 is 0. The van der Waals surface area contributed by atoms with Gasteiger partial charge in [-0.25, -0.2) is 0 Å². The first-order valence-corrected chi connectivity index (χ1v) is 7.12. The minimum absolute atomic E-state index is 0.390. The highest BCUT2D eigenvalue weighted by Crippen LogP contribution is 2.36. The maximum atomic E-state index is 6.06. The second kappa shape index (κ2) is 5.05. The molecule has 0 aromatic heterocycles. The molecule has 0 spiro atoms. The van der Waals surface area contributed by atoms with Gasteiger partial charge in [-0.2, -0.15) is 0 Å². The molecular formula is C14H28N2. The molecule has 2 aliphatic rings. The van der Waals surface area contributed by atoms with E-state index in [0.29, 0.717) is 11.6 Å². The first-order valence-electron chi connectivity index (χ1n) is 7.12. The van der Waals surface area contributed by atoms with Gasteiger partial charge in [-0.15, -0.1) is 0 Å². The van der Waals surface area contributed by atoms with Crippen LogP contribution < -0.4 is 5.73 Å². The van der Waals surface area contributed by atoms with Crippen molar-refractivity contribution in [3.05, 3.63) is 0 Å². The lowest BCUT2D eigenvalue weighted by Crippen LogP contribution is -2.52. The van der Waals surface area contributed by atoms with E-state index in [1.165, 1.54) is 51.5 Å². The van der Waals surface area contributed by atoms with Crippen molar-refractivity contribution in [2.24, 2.45) is 11.7 Å². The minimum atomic E-state index is 0.390. The Hall–Kier alpha value is -0.0800. The zero-order valence-electron chi connectivity index (χ0n) is 11.0. The summed E-state index contributed by atoms with van der Waals surface area (Å²) in [5, 5.41) is 0. The summed E-state index contributed by atoms with van der Waals surface area (Å²) in [5.74, 6) is 0.871. The minimum Gasteiger partial charge on any atom is -0.329 e. The van der Waals surface area contributed by atoms with Gasteiger partial charge in [-0.3, -0.25) is 4.90 Å². The molecule has 16 heavy (non-hydrogen) atoms. The molecular weight excluding hydrogens is 196 g/mol. The van der Waals surface area contributed by atoms with Gasteiger partial charge in [0.25, 0.3) is 0 Å². The van der Waals surface area contributed by atoms with E-state index in [2.05, 4.69) is 18.7 Å². The van der Waals surface area contributed by atoms with Crippen molar-refractivity contribution in [2.75, 3.05) is 13.1 Å². The number of likely N-dealkylation sites (tertiary alicyclic amines) is 1. The average Bonchev–Trinajstić information content (AvgIpc) is 2.62. The van der Waals surface area contributed by atoms with Crippen LogP contribution in [0.15, 0.2) is 0 Å². The molecule has 1 unspecified atom stereocenters. The van der Waals surface area contributed by atoms with E-state index in [1.807, 2.05) is 0 Å². The Morgan fingerprint density at radius 2 is 1.88 bits per heavy atom. The second-order valence-electron chi connectivity index (χ2n) is 6.31. The highest BCUT2D eigenvalue weighted by atomic mass is 15.2. The number of nitrogens with zero attached hydrogens (tertiary/aromatic N) is 1. The van der Waals surface area contributed by atoms with Crippen LogP contribution in [0.25, 0.3) is 0 Å². The van der Waals surface area contributed by atoms with Crippen molar-refractivity contribution < 1.29 is 0 Å². The summed E-state index contributed by atoms with van der Waals surface area (Å²) in [6.45, 7) is 6.91. The quantitative estimate of drug-likeness (QED) is 0.798. The second-order valence-corrected chi connectivity index (χ2v) is 6.31. The smallest absolute Gasteiger partial charge is 0.0251 e. The molecule has 1 heterocycles. The van der Waals surface area contributed by atoms with Crippen molar-refractivity contribution in [2.45, 2.75) is 70.4 Å². The number of nitrogens with two attached hydrogens (primary N) is 1. The topological polar surface area (TPSA) is 29.3 Å². The van der Waals surface area contributed by atoms with Gasteiger partial charge in [-0.1, -0.05) is 19.3 Å². The fourth-order valence-corrected chi connectivity index (χ4v) is 3.84. The van der Waals surface area contributed by atoms with Crippen LogP contribution in [0.2, 0.25) is 0 Å². The lowest BCUT2D eigenvalue weighted by atomic mass is 9.82. The van der Waals surface area contributed by atoms with Crippen LogP contribution in [0.1, 0.15) is 58.8 Å². The summed E-state index contributed by atoms with van der Waals surface area (Å²) >= 11 is 0. The van der Waals surface area contributed by atoms with E-state index in [4.69, 9.17) is 5.73 Å². The van der Waals surface area contributed by atoms with Crippen LogP contribution in [0.5, 0.6) is 0 Å². The third-order valence-electron chi connectivity index (χ3n) is 4.80. The molecule has 0 aromatic rings. The Balaban J connectivity index is 2.03. The van der Waals surface area contributed by atoms with E-state index in [0.717, 1.165) is 12.5 Å². The third kappa shape index (κ3) is 2.43. The highest BCUT2D eigenvalue weighted by molar-refractivity contribution is 4.95. The van der Waals surface area contributed by atoms with E-state index < -0.39 is 0 Å². The van der Waals surface area contributed by atoms with Gasteiger partial charge in [0.2, 0.25) is 0 Å². The molecule has 1 atom stereocenters. The first-order chi connectivity index (χ1) is 7.65. The summed E-state index contributed by atoms with van der Waals surface area (Å²) in [5.41, 5.74) is 6.45. The third-order valence-corrected chi connectivity index (χ3v) is 4.80. The predicted molar refractivity (Wildman–Crippen MR) is 69.4 cm³/mol. The van der Waals surface area contributed by atoms with Gasteiger partial charge in [0.05, 0.1) is 0 Å².